The molecule has 0 bridgehead atoms. The van der Waals surface area contributed by atoms with Crippen LogP contribution in [0.2, 0.25) is 0 Å². The van der Waals surface area contributed by atoms with Gasteiger partial charge in [-0.3, -0.25) is 4.79 Å². The standard InChI is InChI=1S/C17H24N4O/c1-13(2)21-9-4-5-15(21)17(22)19(3)11-14-6-7-16-18-8-10-20(16)12-14/h4-5,8-10,13-14H,6-7,11-12H2,1-3H3/t14-/m0/s1. The van der Waals surface area contributed by atoms with Crippen LogP contribution in [0.25, 0.3) is 0 Å². The van der Waals surface area contributed by atoms with Crippen molar-refractivity contribution < 1.29 is 4.79 Å². The van der Waals surface area contributed by atoms with Crippen LogP contribution in [0.4, 0.5) is 0 Å². The third-order valence-electron chi connectivity index (χ3n) is 4.47. The second kappa shape index (κ2) is 5.99. The molecule has 1 aliphatic rings. The number of fused-ring (bicyclic) bond motifs is 1. The third-order valence-corrected chi connectivity index (χ3v) is 4.47. The van der Waals surface area contributed by atoms with Crippen LogP contribution in [0.5, 0.6) is 0 Å². The Balaban J connectivity index is 1.66. The van der Waals surface area contributed by atoms with Crippen molar-refractivity contribution in [2.24, 2.45) is 5.92 Å². The van der Waals surface area contributed by atoms with Crippen molar-refractivity contribution in [1.82, 2.24) is 19.0 Å². The summed E-state index contributed by atoms with van der Waals surface area (Å²) in [6.45, 7) is 5.94. The summed E-state index contributed by atoms with van der Waals surface area (Å²) < 4.78 is 4.25. The zero-order chi connectivity index (χ0) is 15.7. The molecule has 1 atom stereocenters. The molecule has 1 aliphatic heterocycles. The van der Waals surface area contributed by atoms with E-state index >= 15 is 0 Å². The van der Waals surface area contributed by atoms with Gasteiger partial charge in [0.25, 0.3) is 5.91 Å². The van der Waals surface area contributed by atoms with Crippen LogP contribution >= 0.6 is 0 Å². The van der Waals surface area contributed by atoms with E-state index in [4.69, 9.17) is 0 Å². The van der Waals surface area contributed by atoms with Gasteiger partial charge in [-0.15, -0.1) is 0 Å². The van der Waals surface area contributed by atoms with Crippen molar-refractivity contribution in [2.45, 2.75) is 39.3 Å². The summed E-state index contributed by atoms with van der Waals surface area (Å²) >= 11 is 0. The molecule has 5 nitrogen and oxygen atoms in total. The average Bonchev–Trinajstić information content (AvgIpc) is 3.14. The Hall–Kier alpha value is -2.04. The highest BCUT2D eigenvalue weighted by molar-refractivity contribution is 5.92. The first kappa shape index (κ1) is 14.9. The zero-order valence-electron chi connectivity index (χ0n) is 13.6. The molecule has 0 spiro atoms. The van der Waals surface area contributed by atoms with Gasteiger partial charge in [0.2, 0.25) is 0 Å². The highest BCUT2D eigenvalue weighted by Gasteiger charge is 2.23. The number of amides is 1. The lowest BCUT2D eigenvalue weighted by Crippen LogP contribution is -2.36. The number of nitrogens with zero attached hydrogens (tertiary/aromatic N) is 4. The minimum atomic E-state index is 0.107. The molecule has 0 unspecified atom stereocenters. The Labute approximate surface area is 131 Å². The molecule has 0 fully saturated rings. The second-order valence-corrected chi connectivity index (χ2v) is 6.48. The fourth-order valence-electron chi connectivity index (χ4n) is 3.28. The number of aryl methyl sites for hydroxylation is 1. The predicted octanol–water partition coefficient (Wildman–Crippen LogP) is 2.60. The summed E-state index contributed by atoms with van der Waals surface area (Å²) in [7, 11) is 1.91. The van der Waals surface area contributed by atoms with E-state index in [1.54, 1.807) is 0 Å². The first-order valence-corrected chi connectivity index (χ1v) is 7.98. The number of hydrogen-bond acceptors (Lipinski definition) is 2. The average molecular weight is 300 g/mol. The van der Waals surface area contributed by atoms with Crippen molar-refractivity contribution in [2.75, 3.05) is 13.6 Å². The van der Waals surface area contributed by atoms with Gasteiger partial charge in [-0.05, 0) is 38.3 Å². The Morgan fingerprint density at radius 1 is 1.45 bits per heavy atom. The second-order valence-electron chi connectivity index (χ2n) is 6.48. The molecule has 1 amide bonds. The lowest BCUT2D eigenvalue weighted by molar-refractivity contribution is 0.0748. The van der Waals surface area contributed by atoms with Gasteiger partial charge in [0.15, 0.2) is 0 Å². The maximum absolute atomic E-state index is 12.7. The van der Waals surface area contributed by atoms with Crippen molar-refractivity contribution in [1.29, 1.82) is 0 Å². The molecular formula is C17H24N4O. The summed E-state index contributed by atoms with van der Waals surface area (Å²) in [5.74, 6) is 1.77. The molecule has 0 saturated carbocycles. The molecule has 2 aromatic heterocycles. The predicted molar refractivity (Wildman–Crippen MR) is 85.8 cm³/mol. The topological polar surface area (TPSA) is 43.1 Å². The van der Waals surface area contributed by atoms with Gasteiger partial charge >= 0.3 is 0 Å². The highest BCUT2D eigenvalue weighted by atomic mass is 16.2. The van der Waals surface area contributed by atoms with Crippen molar-refractivity contribution >= 4 is 5.91 Å². The molecule has 3 rings (SSSR count). The number of imidazole rings is 1. The van der Waals surface area contributed by atoms with Gasteiger partial charge in [0, 0.05) is 51.2 Å². The maximum Gasteiger partial charge on any atom is 0.270 e. The first-order valence-electron chi connectivity index (χ1n) is 7.98. The number of aromatic nitrogens is 3. The Morgan fingerprint density at radius 3 is 3.05 bits per heavy atom. The highest BCUT2D eigenvalue weighted by Crippen LogP contribution is 2.20. The Kier molecular flexibility index (Phi) is 4.05. The van der Waals surface area contributed by atoms with E-state index in [-0.39, 0.29) is 5.91 Å². The van der Waals surface area contributed by atoms with Crippen molar-refractivity contribution in [3.8, 4) is 0 Å². The molecule has 22 heavy (non-hydrogen) atoms. The number of hydrogen-bond donors (Lipinski definition) is 0. The molecule has 5 heteroatoms. The van der Waals surface area contributed by atoms with Crippen LogP contribution in [0.15, 0.2) is 30.7 Å². The van der Waals surface area contributed by atoms with Crippen molar-refractivity contribution in [3.63, 3.8) is 0 Å². The van der Waals surface area contributed by atoms with Crippen LogP contribution < -0.4 is 0 Å². The summed E-state index contributed by atoms with van der Waals surface area (Å²) in [6, 6.07) is 4.15. The quantitative estimate of drug-likeness (QED) is 0.871. The Bertz CT molecular complexity index is 655. The molecule has 2 aromatic rings. The van der Waals surface area contributed by atoms with Crippen LogP contribution in [0.1, 0.15) is 42.6 Å². The van der Waals surface area contributed by atoms with Crippen LogP contribution in [0, 0.1) is 5.92 Å². The molecule has 0 radical (unpaired) electrons. The molecule has 0 aromatic carbocycles. The minimum absolute atomic E-state index is 0.107. The van der Waals surface area contributed by atoms with Gasteiger partial charge in [-0.1, -0.05) is 0 Å². The van der Waals surface area contributed by atoms with E-state index < -0.39 is 0 Å². The molecule has 0 N–H and O–H groups in total. The fourth-order valence-corrected chi connectivity index (χ4v) is 3.28. The van der Waals surface area contributed by atoms with Crippen LogP contribution in [-0.4, -0.2) is 38.5 Å². The number of rotatable bonds is 4. The van der Waals surface area contributed by atoms with E-state index in [0.717, 1.165) is 31.6 Å². The van der Waals surface area contributed by atoms with Crippen molar-refractivity contribution in [3.05, 3.63) is 42.2 Å². The van der Waals surface area contributed by atoms with E-state index in [0.29, 0.717) is 12.0 Å². The van der Waals surface area contributed by atoms with Gasteiger partial charge < -0.3 is 14.0 Å². The molecular weight excluding hydrogens is 276 g/mol. The maximum atomic E-state index is 12.7. The summed E-state index contributed by atoms with van der Waals surface area (Å²) in [6.07, 6.45) is 7.97. The van der Waals surface area contributed by atoms with Gasteiger partial charge in [-0.2, -0.15) is 0 Å². The zero-order valence-corrected chi connectivity index (χ0v) is 13.6. The monoisotopic (exact) mass is 300 g/mol. The molecule has 0 aliphatic carbocycles. The lowest BCUT2D eigenvalue weighted by Gasteiger charge is -2.28. The fraction of sp³-hybridized carbons (Fsp3) is 0.529. The van der Waals surface area contributed by atoms with E-state index in [2.05, 4.69) is 23.4 Å². The van der Waals surface area contributed by atoms with E-state index in [1.807, 2.05) is 47.2 Å². The SMILES string of the molecule is CC(C)n1cccc1C(=O)N(C)C[C@@H]1CCc2nccn2C1. The smallest absolute Gasteiger partial charge is 0.270 e. The molecule has 118 valence electrons. The Morgan fingerprint density at radius 2 is 2.27 bits per heavy atom. The molecule has 0 saturated heterocycles. The number of carbonyl (C=O) groups excluding carboxylic acids is 1. The lowest BCUT2D eigenvalue weighted by atomic mass is 9.99. The van der Waals surface area contributed by atoms with E-state index in [1.165, 1.54) is 5.82 Å². The van der Waals surface area contributed by atoms with Gasteiger partial charge in [-0.25, -0.2) is 4.98 Å². The van der Waals surface area contributed by atoms with E-state index in [9.17, 15) is 4.79 Å². The minimum Gasteiger partial charge on any atom is -0.341 e. The number of carbonyl (C=O) groups is 1. The summed E-state index contributed by atoms with van der Waals surface area (Å²) in [4.78, 5) is 18.9. The third kappa shape index (κ3) is 2.80. The molecule has 3 heterocycles. The first-order chi connectivity index (χ1) is 10.6. The van der Waals surface area contributed by atoms with Crippen LogP contribution in [0.3, 0.4) is 0 Å². The van der Waals surface area contributed by atoms with Gasteiger partial charge in [0.05, 0.1) is 0 Å². The summed E-state index contributed by atoms with van der Waals surface area (Å²) in [5, 5.41) is 0. The van der Waals surface area contributed by atoms with Gasteiger partial charge in [0.1, 0.15) is 11.5 Å². The largest absolute Gasteiger partial charge is 0.341 e. The normalized spacial score (nSPS) is 17.5. The van der Waals surface area contributed by atoms with Crippen LogP contribution in [-0.2, 0) is 13.0 Å². The summed E-state index contributed by atoms with van der Waals surface area (Å²) in [5.41, 5.74) is 0.775.